The van der Waals surface area contributed by atoms with Gasteiger partial charge in [-0.05, 0) is 42.7 Å². The maximum absolute atomic E-state index is 12.8. The van der Waals surface area contributed by atoms with Crippen LogP contribution in [0.5, 0.6) is 17.2 Å². The third-order valence-electron chi connectivity index (χ3n) is 5.44. The van der Waals surface area contributed by atoms with Crippen LogP contribution in [0.1, 0.15) is 48.1 Å². The van der Waals surface area contributed by atoms with E-state index in [9.17, 15) is 4.79 Å². The Kier molecular flexibility index (Phi) is 7.50. The lowest BCUT2D eigenvalue weighted by Crippen LogP contribution is -2.33. The maximum atomic E-state index is 12.8. The standard InChI is InChI=1S/C26H30N2O4S/c1-17(2)26(19-7-10-22-23(13-19)31-12-4-11-30-22)28-24(29)14-20-16-33-25(27-20)15-32-21-8-5-18(3)6-9-21/h5-10,13,16-17,26H,4,11-12,14-15H2,1-3H3,(H,28,29). The van der Waals surface area contributed by atoms with Gasteiger partial charge in [0.2, 0.25) is 5.91 Å². The van der Waals surface area contributed by atoms with E-state index in [0.717, 1.165) is 39.9 Å². The summed E-state index contributed by atoms with van der Waals surface area (Å²) < 4.78 is 17.4. The molecule has 3 aromatic rings. The fourth-order valence-electron chi connectivity index (χ4n) is 3.67. The van der Waals surface area contributed by atoms with Gasteiger partial charge in [0.05, 0.1) is 31.4 Å². The smallest absolute Gasteiger partial charge is 0.226 e. The fourth-order valence-corrected chi connectivity index (χ4v) is 4.38. The molecule has 0 aliphatic carbocycles. The van der Waals surface area contributed by atoms with Crippen molar-refractivity contribution in [3.8, 4) is 17.2 Å². The molecule has 0 fully saturated rings. The number of aromatic nitrogens is 1. The first-order valence-corrected chi connectivity index (χ1v) is 12.2. The zero-order valence-electron chi connectivity index (χ0n) is 19.3. The van der Waals surface area contributed by atoms with Crippen molar-refractivity contribution in [1.82, 2.24) is 10.3 Å². The van der Waals surface area contributed by atoms with Gasteiger partial charge in [0.15, 0.2) is 11.5 Å². The number of ether oxygens (including phenoxy) is 3. The highest BCUT2D eigenvalue weighted by atomic mass is 32.1. The minimum Gasteiger partial charge on any atom is -0.490 e. The summed E-state index contributed by atoms with van der Waals surface area (Å²) in [5.41, 5.74) is 2.95. The highest BCUT2D eigenvalue weighted by Crippen LogP contribution is 2.34. The summed E-state index contributed by atoms with van der Waals surface area (Å²) >= 11 is 1.51. The Morgan fingerprint density at radius 3 is 2.64 bits per heavy atom. The third kappa shape index (κ3) is 6.26. The Morgan fingerprint density at radius 2 is 1.88 bits per heavy atom. The molecule has 4 rings (SSSR count). The van der Waals surface area contributed by atoms with Crippen LogP contribution in [0.2, 0.25) is 0 Å². The molecule has 1 aromatic heterocycles. The molecule has 0 spiro atoms. The first kappa shape index (κ1) is 23.1. The number of nitrogens with one attached hydrogen (secondary N) is 1. The number of aryl methyl sites for hydroxylation is 1. The topological polar surface area (TPSA) is 69.7 Å². The number of benzene rings is 2. The van der Waals surface area contributed by atoms with Gasteiger partial charge < -0.3 is 19.5 Å². The average Bonchev–Trinajstić information content (AvgIpc) is 3.10. The van der Waals surface area contributed by atoms with Gasteiger partial charge in [-0.1, -0.05) is 37.6 Å². The van der Waals surface area contributed by atoms with Crippen LogP contribution in [0.25, 0.3) is 0 Å². The first-order valence-electron chi connectivity index (χ1n) is 11.3. The molecule has 0 bridgehead atoms. The SMILES string of the molecule is Cc1ccc(OCc2nc(CC(=O)NC(c3ccc4c(c3)OCCCO4)C(C)C)cs2)cc1. The molecule has 33 heavy (non-hydrogen) atoms. The zero-order chi connectivity index (χ0) is 23.2. The molecule has 7 heteroatoms. The van der Waals surface area contributed by atoms with Gasteiger partial charge in [0.25, 0.3) is 0 Å². The van der Waals surface area contributed by atoms with Crippen molar-refractivity contribution >= 4 is 17.2 Å². The molecule has 1 N–H and O–H groups in total. The highest BCUT2D eigenvalue weighted by Gasteiger charge is 2.21. The van der Waals surface area contributed by atoms with E-state index in [1.165, 1.54) is 16.9 Å². The van der Waals surface area contributed by atoms with E-state index in [0.29, 0.717) is 19.8 Å². The lowest BCUT2D eigenvalue weighted by Gasteiger charge is -2.23. The lowest BCUT2D eigenvalue weighted by atomic mass is 9.95. The van der Waals surface area contributed by atoms with E-state index < -0.39 is 0 Å². The van der Waals surface area contributed by atoms with Gasteiger partial charge in [-0.25, -0.2) is 4.98 Å². The lowest BCUT2D eigenvalue weighted by molar-refractivity contribution is -0.121. The fraction of sp³-hybridized carbons (Fsp3) is 0.385. The second-order valence-electron chi connectivity index (χ2n) is 8.56. The van der Waals surface area contributed by atoms with Crippen molar-refractivity contribution in [2.24, 2.45) is 5.92 Å². The molecule has 6 nitrogen and oxygen atoms in total. The predicted octanol–water partition coefficient (Wildman–Crippen LogP) is 5.25. The summed E-state index contributed by atoms with van der Waals surface area (Å²) in [6.45, 7) is 7.91. The molecule has 0 saturated heterocycles. The summed E-state index contributed by atoms with van der Waals surface area (Å²) in [5.74, 6) is 2.46. The summed E-state index contributed by atoms with van der Waals surface area (Å²) in [6, 6.07) is 13.7. The largest absolute Gasteiger partial charge is 0.490 e. The van der Waals surface area contributed by atoms with E-state index in [2.05, 4.69) is 24.1 Å². The Hall–Kier alpha value is -3.06. The van der Waals surface area contributed by atoms with Crippen molar-refractivity contribution in [1.29, 1.82) is 0 Å². The molecule has 1 aliphatic heterocycles. The number of carbonyl (C=O) groups is 1. The normalized spacial score (nSPS) is 13.9. The highest BCUT2D eigenvalue weighted by molar-refractivity contribution is 7.09. The van der Waals surface area contributed by atoms with Gasteiger partial charge in [-0.3, -0.25) is 4.79 Å². The van der Waals surface area contributed by atoms with E-state index in [1.807, 2.05) is 54.8 Å². The van der Waals surface area contributed by atoms with Crippen LogP contribution in [0.4, 0.5) is 0 Å². The molecular weight excluding hydrogens is 436 g/mol. The number of amides is 1. The number of rotatable bonds is 8. The third-order valence-corrected chi connectivity index (χ3v) is 6.31. The molecule has 1 atom stereocenters. The number of nitrogens with zero attached hydrogens (tertiary/aromatic N) is 1. The molecule has 1 amide bonds. The minimum atomic E-state index is -0.127. The van der Waals surface area contributed by atoms with Crippen molar-refractivity contribution in [3.05, 3.63) is 69.7 Å². The number of thiazole rings is 1. The molecule has 2 aromatic carbocycles. The van der Waals surface area contributed by atoms with Gasteiger partial charge >= 0.3 is 0 Å². The minimum absolute atomic E-state index is 0.0582. The van der Waals surface area contributed by atoms with Gasteiger partial charge in [0.1, 0.15) is 17.4 Å². The molecule has 0 radical (unpaired) electrons. The van der Waals surface area contributed by atoms with Crippen LogP contribution >= 0.6 is 11.3 Å². The second kappa shape index (κ2) is 10.7. The summed E-state index contributed by atoms with van der Waals surface area (Å²) in [7, 11) is 0. The summed E-state index contributed by atoms with van der Waals surface area (Å²) in [6.07, 6.45) is 1.09. The predicted molar refractivity (Wildman–Crippen MR) is 129 cm³/mol. The average molecular weight is 467 g/mol. The monoisotopic (exact) mass is 466 g/mol. The number of hydrogen-bond donors (Lipinski definition) is 1. The first-order chi connectivity index (χ1) is 16.0. The van der Waals surface area contributed by atoms with Crippen molar-refractivity contribution in [3.63, 3.8) is 0 Å². The Labute approximate surface area is 198 Å². The molecule has 2 heterocycles. The molecule has 1 aliphatic rings. The van der Waals surface area contributed by atoms with Crippen LogP contribution in [-0.4, -0.2) is 24.1 Å². The second-order valence-corrected chi connectivity index (χ2v) is 9.50. The summed E-state index contributed by atoms with van der Waals surface area (Å²) in [4.78, 5) is 17.4. The van der Waals surface area contributed by atoms with E-state index in [1.54, 1.807) is 0 Å². The van der Waals surface area contributed by atoms with Crippen LogP contribution in [0.3, 0.4) is 0 Å². The van der Waals surface area contributed by atoms with Crippen LogP contribution < -0.4 is 19.5 Å². The van der Waals surface area contributed by atoms with Gasteiger partial charge in [-0.15, -0.1) is 11.3 Å². The van der Waals surface area contributed by atoms with Crippen molar-refractivity contribution < 1.29 is 19.0 Å². The van der Waals surface area contributed by atoms with Gasteiger partial charge in [0, 0.05) is 11.8 Å². The quantitative estimate of drug-likeness (QED) is 0.491. The molecule has 174 valence electrons. The van der Waals surface area contributed by atoms with Crippen molar-refractivity contribution in [2.75, 3.05) is 13.2 Å². The Bertz CT molecular complexity index is 1080. The Morgan fingerprint density at radius 1 is 1.12 bits per heavy atom. The number of fused-ring (bicyclic) bond motifs is 1. The molecule has 1 unspecified atom stereocenters. The van der Waals surface area contributed by atoms with E-state index in [-0.39, 0.29) is 24.3 Å². The Balaban J connectivity index is 1.36. The zero-order valence-corrected chi connectivity index (χ0v) is 20.1. The number of hydrogen-bond acceptors (Lipinski definition) is 6. The maximum Gasteiger partial charge on any atom is 0.226 e. The van der Waals surface area contributed by atoms with E-state index >= 15 is 0 Å². The van der Waals surface area contributed by atoms with Crippen molar-refractivity contribution in [2.45, 2.75) is 46.3 Å². The van der Waals surface area contributed by atoms with Crippen LogP contribution in [0, 0.1) is 12.8 Å². The molecular formula is C26H30N2O4S. The summed E-state index contributed by atoms with van der Waals surface area (Å²) in [5, 5.41) is 5.94. The van der Waals surface area contributed by atoms with Crippen LogP contribution in [0.15, 0.2) is 47.8 Å². The molecule has 0 saturated carbocycles. The van der Waals surface area contributed by atoms with Crippen LogP contribution in [-0.2, 0) is 17.8 Å². The van der Waals surface area contributed by atoms with E-state index in [4.69, 9.17) is 14.2 Å². The van der Waals surface area contributed by atoms with Gasteiger partial charge in [-0.2, -0.15) is 0 Å². The number of carbonyl (C=O) groups excluding carboxylic acids is 1.